The molecule has 1 atom stereocenters. The molecule has 21 heavy (non-hydrogen) atoms. The van der Waals surface area contributed by atoms with Gasteiger partial charge in [-0.2, -0.15) is 0 Å². The first-order chi connectivity index (χ1) is 10.2. The third-order valence-corrected chi connectivity index (χ3v) is 4.68. The van der Waals surface area contributed by atoms with Crippen molar-refractivity contribution in [3.05, 3.63) is 35.9 Å². The molecule has 1 saturated heterocycles. The fourth-order valence-electron chi connectivity index (χ4n) is 3.18. The minimum atomic E-state index is 0.509. The number of alkyl halides is 1. The lowest BCUT2D eigenvalue weighted by Crippen LogP contribution is -2.52. The summed E-state index contributed by atoms with van der Waals surface area (Å²) >= 11 is 6.17. The Labute approximate surface area is 131 Å². The van der Waals surface area contributed by atoms with Gasteiger partial charge in [0.05, 0.1) is 11.4 Å². The number of aromatic nitrogens is 1. The monoisotopic (exact) mass is 303 g/mol. The van der Waals surface area contributed by atoms with Crippen molar-refractivity contribution in [2.24, 2.45) is 0 Å². The van der Waals surface area contributed by atoms with Crippen LogP contribution in [-0.2, 0) is 5.88 Å². The lowest BCUT2D eigenvalue weighted by atomic mass is 10.1. The molecule has 1 fully saturated rings. The highest BCUT2D eigenvalue weighted by Crippen LogP contribution is 2.26. The van der Waals surface area contributed by atoms with E-state index in [0.717, 1.165) is 48.5 Å². The number of anilines is 1. The van der Waals surface area contributed by atoms with Gasteiger partial charge in [0, 0.05) is 36.6 Å². The molecule has 0 saturated carbocycles. The van der Waals surface area contributed by atoms with Crippen LogP contribution in [0.1, 0.15) is 19.4 Å². The van der Waals surface area contributed by atoms with Crippen molar-refractivity contribution < 1.29 is 0 Å². The molecule has 1 aromatic carbocycles. The Morgan fingerprint density at radius 3 is 2.81 bits per heavy atom. The van der Waals surface area contributed by atoms with Crippen molar-refractivity contribution in [2.45, 2.75) is 25.8 Å². The van der Waals surface area contributed by atoms with Gasteiger partial charge >= 0.3 is 0 Å². The SMILES string of the molecule is CCN1CCN(c2nc3ccccc3cc2CCl)CC1C. The maximum absolute atomic E-state index is 6.17. The van der Waals surface area contributed by atoms with Gasteiger partial charge in [0.1, 0.15) is 5.82 Å². The Balaban J connectivity index is 1.96. The van der Waals surface area contributed by atoms with Gasteiger partial charge in [-0.15, -0.1) is 11.6 Å². The van der Waals surface area contributed by atoms with Crippen molar-refractivity contribution in [1.29, 1.82) is 0 Å². The minimum absolute atomic E-state index is 0.509. The number of fused-ring (bicyclic) bond motifs is 1. The molecular formula is C17H22ClN3. The highest BCUT2D eigenvalue weighted by molar-refractivity contribution is 6.17. The average Bonchev–Trinajstić information content (AvgIpc) is 2.53. The van der Waals surface area contributed by atoms with Crippen LogP contribution >= 0.6 is 11.6 Å². The molecule has 0 aliphatic carbocycles. The van der Waals surface area contributed by atoms with Gasteiger partial charge in [-0.25, -0.2) is 4.98 Å². The van der Waals surface area contributed by atoms with Gasteiger partial charge in [-0.3, -0.25) is 4.90 Å². The number of pyridine rings is 1. The van der Waals surface area contributed by atoms with Crippen molar-refractivity contribution in [2.75, 3.05) is 31.1 Å². The van der Waals surface area contributed by atoms with Crippen molar-refractivity contribution >= 4 is 28.3 Å². The summed E-state index contributed by atoms with van der Waals surface area (Å²) in [6, 6.07) is 11.0. The second kappa shape index (κ2) is 6.20. The van der Waals surface area contributed by atoms with Crippen molar-refractivity contribution in [3.63, 3.8) is 0 Å². The summed E-state index contributed by atoms with van der Waals surface area (Å²) in [5.41, 5.74) is 2.18. The molecule has 4 heteroatoms. The first-order valence-corrected chi connectivity index (χ1v) is 8.20. The molecule has 0 spiro atoms. The third-order valence-electron chi connectivity index (χ3n) is 4.39. The Morgan fingerprint density at radius 1 is 1.29 bits per heavy atom. The number of hydrogen-bond acceptors (Lipinski definition) is 3. The highest BCUT2D eigenvalue weighted by Gasteiger charge is 2.24. The van der Waals surface area contributed by atoms with Gasteiger partial charge in [0.25, 0.3) is 0 Å². The number of para-hydroxylation sites is 1. The van der Waals surface area contributed by atoms with Gasteiger partial charge in [0.2, 0.25) is 0 Å². The molecular weight excluding hydrogens is 282 g/mol. The van der Waals surface area contributed by atoms with Crippen LogP contribution in [0, 0.1) is 0 Å². The van der Waals surface area contributed by atoms with Gasteiger partial charge in [-0.1, -0.05) is 25.1 Å². The zero-order valence-corrected chi connectivity index (χ0v) is 13.5. The smallest absolute Gasteiger partial charge is 0.133 e. The zero-order valence-electron chi connectivity index (χ0n) is 12.7. The second-order valence-electron chi connectivity index (χ2n) is 5.72. The summed E-state index contributed by atoms with van der Waals surface area (Å²) < 4.78 is 0. The van der Waals surface area contributed by atoms with E-state index in [-0.39, 0.29) is 0 Å². The van der Waals surface area contributed by atoms with Crippen LogP contribution in [0.5, 0.6) is 0 Å². The molecule has 3 rings (SSSR count). The molecule has 0 bridgehead atoms. The molecule has 1 aliphatic heterocycles. The molecule has 0 radical (unpaired) electrons. The molecule has 112 valence electrons. The molecule has 2 heterocycles. The lowest BCUT2D eigenvalue weighted by Gasteiger charge is -2.40. The van der Waals surface area contributed by atoms with E-state index in [0.29, 0.717) is 11.9 Å². The molecule has 3 nitrogen and oxygen atoms in total. The van der Waals surface area contributed by atoms with Crippen LogP contribution in [0.3, 0.4) is 0 Å². The Morgan fingerprint density at radius 2 is 2.10 bits per heavy atom. The number of rotatable bonds is 3. The van der Waals surface area contributed by atoms with Gasteiger partial charge in [-0.05, 0) is 25.6 Å². The van der Waals surface area contributed by atoms with E-state index < -0.39 is 0 Å². The van der Waals surface area contributed by atoms with E-state index in [9.17, 15) is 0 Å². The van der Waals surface area contributed by atoms with E-state index in [1.54, 1.807) is 0 Å². The number of hydrogen-bond donors (Lipinski definition) is 0. The fraction of sp³-hybridized carbons (Fsp3) is 0.471. The number of piperazine rings is 1. The van der Waals surface area contributed by atoms with E-state index in [1.165, 1.54) is 0 Å². The van der Waals surface area contributed by atoms with E-state index in [4.69, 9.17) is 16.6 Å². The van der Waals surface area contributed by atoms with Crippen LogP contribution in [0.25, 0.3) is 10.9 Å². The Bertz CT molecular complexity index is 628. The Kier molecular flexibility index (Phi) is 4.32. The Hall–Kier alpha value is -1.32. The minimum Gasteiger partial charge on any atom is -0.353 e. The number of likely N-dealkylation sites (N-methyl/N-ethyl adjacent to an activating group) is 1. The molecule has 0 amide bonds. The maximum atomic E-state index is 6.17. The number of nitrogens with zero attached hydrogens (tertiary/aromatic N) is 3. The third kappa shape index (κ3) is 2.85. The first kappa shape index (κ1) is 14.6. The zero-order chi connectivity index (χ0) is 14.8. The molecule has 1 aromatic heterocycles. The van der Waals surface area contributed by atoms with Crippen LogP contribution in [0.2, 0.25) is 0 Å². The largest absolute Gasteiger partial charge is 0.353 e. The predicted octanol–water partition coefficient (Wildman–Crippen LogP) is 3.50. The van der Waals surface area contributed by atoms with Crippen LogP contribution < -0.4 is 4.90 Å². The molecule has 1 unspecified atom stereocenters. The normalized spacial score (nSPS) is 20.1. The van der Waals surface area contributed by atoms with E-state index in [2.05, 4.69) is 41.8 Å². The van der Waals surface area contributed by atoms with E-state index >= 15 is 0 Å². The summed E-state index contributed by atoms with van der Waals surface area (Å²) in [5, 5.41) is 1.16. The highest BCUT2D eigenvalue weighted by atomic mass is 35.5. The van der Waals surface area contributed by atoms with Crippen LogP contribution in [0.15, 0.2) is 30.3 Å². The summed E-state index contributed by atoms with van der Waals surface area (Å²) in [4.78, 5) is 9.78. The van der Waals surface area contributed by atoms with Crippen molar-refractivity contribution in [1.82, 2.24) is 9.88 Å². The average molecular weight is 304 g/mol. The molecule has 1 aliphatic rings. The maximum Gasteiger partial charge on any atom is 0.133 e. The first-order valence-electron chi connectivity index (χ1n) is 7.66. The van der Waals surface area contributed by atoms with Gasteiger partial charge < -0.3 is 4.90 Å². The predicted molar refractivity (Wildman–Crippen MR) is 90.2 cm³/mol. The summed E-state index contributed by atoms with van der Waals surface area (Å²) in [7, 11) is 0. The number of halogens is 1. The quantitative estimate of drug-likeness (QED) is 0.809. The summed E-state index contributed by atoms with van der Waals surface area (Å²) in [6.45, 7) is 8.76. The standard InChI is InChI=1S/C17H22ClN3/c1-3-20-8-9-21(12-13(20)2)17-15(11-18)10-14-6-4-5-7-16(14)19-17/h4-7,10,13H,3,8-9,11-12H2,1-2H3. The topological polar surface area (TPSA) is 19.4 Å². The fourth-order valence-corrected chi connectivity index (χ4v) is 3.38. The summed E-state index contributed by atoms with van der Waals surface area (Å²) in [6.07, 6.45) is 0. The van der Waals surface area contributed by atoms with Crippen LogP contribution in [-0.4, -0.2) is 42.1 Å². The second-order valence-corrected chi connectivity index (χ2v) is 5.99. The van der Waals surface area contributed by atoms with Gasteiger partial charge in [0.15, 0.2) is 0 Å². The lowest BCUT2D eigenvalue weighted by molar-refractivity contribution is 0.199. The summed E-state index contributed by atoms with van der Waals surface area (Å²) in [5.74, 6) is 1.57. The van der Waals surface area contributed by atoms with Crippen LogP contribution in [0.4, 0.5) is 5.82 Å². The van der Waals surface area contributed by atoms with E-state index in [1.807, 2.05) is 12.1 Å². The molecule has 0 N–H and O–H groups in total. The number of benzene rings is 1. The van der Waals surface area contributed by atoms with Crippen molar-refractivity contribution in [3.8, 4) is 0 Å². The molecule has 2 aromatic rings.